The number of hydrogen-bond acceptors (Lipinski definition) is 4. The molecule has 4 nitrogen and oxygen atoms in total. The SMILES string of the molecule is c1ccc(C(OC2CCCN(CCc3cnccn3)C2)c2ccccc2)cc1. The van der Waals surface area contributed by atoms with Crippen LogP contribution in [0, 0.1) is 0 Å². The zero-order chi connectivity index (χ0) is 19.0. The zero-order valence-electron chi connectivity index (χ0n) is 16.2. The van der Waals surface area contributed by atoms with Gasteiger partial charge in [-0.25, -0.2) is 0 Å². The Balaban J connectivity index is 1.42. The van der Waals surface area contributed by atoms with Crippen LogP contribution >= 0.6 is 0 Å². The Bertz CT molecular complexity index is 787. The second-order valence-corrected chi connectivity index (χ2v) is 7.35. The Morgan fingerprint density at radius 1 is 0.964 bits per heavy atom. The van der Waals surface area contributed by atoms with E-state index in [1.54, 1.807) is 12.4 Å². The van der Waals surface area contributed by atoms with E-state index in [2.05, 4.69) is 75.5 Å². The minimum atomic E-state index is -0.0210. The van der Waals surface area contributed by atoms with Gasteiger partial charge in [-0.15, -0.1) is 0 Å². The molecule has 1 saturated heterocycles. The molecule has 2 heterocycles. The molecule has 4 heteroatoms. The predicted octanol–water partition coefficient (Wildman–Crippen LogP) is 4.29. The van der Waals surface area contributed by atoms with Crippen molar-refractivity contribution < 1.29 is 4.74 Å². The first-order valence-corrected chi connectivity index (χ1v) is 10.1. The van der Waals surface area contributed by atoms with E-state index in [0.29, 0.717) is 0 Å². The standard InChI is InChI=1S/C24H27N3O/c1-3-8-20(9-4-1)24(21-10-5-2-6-11-21)28-23-12-7-16-27(19-23)17-13-22-18-25-14-15-26-22/h1-6,8-11,14-15,18,23-24H,7,12-13,16-17,19H2. The maximum atomic E-state index is 6.68. The van der Waals surface area contributed by atoms with E-state index in [1.807, 2.05) is 6.20 Å². The smallest absolute Gasteiger partial charge is 0.108 e. The third kappa shape index (κ3) is 5.03. The first kappa shape index (κ1) is 18.8. The molecule has 0 radical (unpaired) electrons. The second kappa shape index (κ2) is 9.58. The molecule has 4 rings (SSSR count). The lowest BCUT2D eigenvalue weighted by molar-refractivity contribution is -0.0330. The first-order valence-electron chi connectivity index (χ1n) is 10.1. The van der Waals surface area contributed by atoms with Gasteiger partial charge in [0.05, 0.1) is 11.8 Å². The lowest BCUT2D eigenvalue weighted by Crippen LogP contribution is -2.41. The molecule has 3 aromatic rings. The third-order valence-electron chi connectivity index (χ3n) is 5.30. The lowest BCUT2D eigenvalue weighted by Gasteiger charge is -2.35. The largest absolute Gasteiger partial charge is 0.364 e. The van der Waals surface area contributed by atoms with E-state index in [4.69, 9.17) is 4.74 Å². The molecule has 0 saturated carbocycles. The average Bonchev–Trinajstić information content (AvgIpc) is 2.78. The van der Waals surface area contributed by atoms with Gasteiger partial charge < -0.3 is 9.64 Å². The van der Waals surface area contributed by atoms with E-state index in [9.17, 15) is 0 Å². The van der Waals surface area contributed by atoms with Crippen molar-refractivity contribution in [1.29, 1.82) is 0 Å². The average molecular weight is 374 g/mol. The van der Waals surface area contributed by atoms with Crippen LogP contribution in [-0.4, -0.2) is 40.6 Å². The fourth-order valence-electron chi connectivity index (χ4n) is 3.86. The molecule has 2 aromatic carbocycles. The van der Waals surface area contributed by atoms with Crippen molar-refractivity contribution in [2.45, 2.75) is 31.5 Å². The van der Waals surface area contributed by atoms with Crippen molar-refractivity contribution in [3.05, 3.63) is 96.1 Å². The van der Waals surface area contributed by atoms with Crippen LogP contribution in [0.5, 0.6) is 0 Å². The summed E-state index contributed by atoms with van der Waals surface area (Å²) in [6.45, 7) is 3.10. The van der Waals surface area contributed by atoms with E-state index in [-0.39, 0.29) is 12.2 Å². The number of hydrogen-bond donors (Lipinski definition) is 0. The molecule has 1 aliphatic heterocycles. The molecule has 1 unspecified atom stereocenters. The molecule has 144 valence electrons. The van der Waals surface area contributed by atoms with Crippen molar-refractivity contribution in [1.82, 2.24) is 14.9 Å². The van der Waals surface area contributed by atoms with Gasteiger partial charge in [0.15, 0.2) is 0 Å². The van der Waals surface area contributed by atoms with Crippen LogP contribution in [0.25, 0.3) is 0 Å². The van der Waals surface area contributed by atoms with Crippen LogP contribution in [0.4, 0.5) is 0 Å². The Hall–Kier alpha value is -2.56. The Labute approximate surface area is 167 Å². The van der Waals surface area contributed by atoms with Gasteiger partial charge >= 0.3 is 0 Å². The van der Waals surface area contributed by atoms with Crippen LogP contribution in [0.2, 0.25) is 0 Å². The highest BCUT2D eigenvalue weighted by Crippen LogP contribution is 2.29. The van der Waals surface area contributed by atoms with Crippen molar-refractivity contribution in [3.63, 3.8) is 0 Å². The van der Waals surface area contributed by atoms with E-state index in [0.717, 1.165) is 38.2 Å². The molecule has 1 fully saturated rings. The summed E-state index contributed by atoms with van der Waals surface area (Å²) in [6.07, 6.45) is 8.77. The number of benzene rings is 2. The fraction of sp³-hybridized carbons (Fsp3) is 0.333. The highest BCUT2D eigenvalue weighted by atomic mass is 16.5. The summed E-state index contributed by atoms with van der Waals surface area (Å²) >= 11 is 0. The first-order chi connectivity index (χ1) is 13.9. The van der Waals surface area contributed by atoms with Crippen LogP contribution in [-0.2, 0) is 11.2 Å². The molecule has 1 aromatic heterocycles. The molecule has 0 spiro atoms. The van der Waals surface area contributed by atoms with Crippen molar-refractivity contribution in [2.24, 2.45) is 0 Å². The van der Waals surface area contributed by atoms with Gasteiger partial charge in [-0.3, -0.25) is 9.97 Å². The molecular weight excluding hydrogens is 346 g/mol. The van der Waals surface area contributed by atoms with Gasteiger partial charge in [0, 0.05) is 38.1 Å². The molecule has 0 N–H and O–H groups in total. The predicted molar refractivity (Wildman–Crippen MR) is 111 cm³/mol. The highest BCUT2D eigenvalue weighted by Gasteiger charge is 2.25. The van der Waals surface area contributed by atoms with Gasteiger partial charge in [0.2, 0.25) is 0 Å². The second-order valence-electron chi connectivity index (χ2n) is 7.35. The molecule has 0 bridgehead atoms. The van der Waals surface area contributed by atoms with E-state index >= 15 is 0 Å². The number of likely N-dealkylation sites (tertiary alicyclic amines) is 1. The molecular formula is C24H27N3O. The summed E-state index contributed by atoms with van der Waals surface area (Å²) < 4.78 is 6.68. The minimum Gasteiger partial charge on any atom is -0.364 e. The van der Waals surface area contributed by atoms with E-state index in [1.165, 1.54) is 17.5 Å². The fourth-order valence-corrected chi connectivity index (χ4v) is 3.86. The number of nitrogens with zero attached hydrogens (tertiary/aromatic N) is 3. The van der Waals surface area contributed by atoms with Crippen LogP contribution in [0.1, 0.15) is 35.8 Å². The molecule has 0 amide bonds. The van der Waals surface area contributed by atoms with Crippen molar-refractivity contribution >= 4 is 0 Å². The maximum Gasteiger partial charge on any atom is 0.108 e. The van der Waals surface area contributed by atoms with Gasteiger partial charge in [-0.2, -0.15) is 0 Å². The van der Waals surface area contributed by atoms with Crippen LogP contribution in [0.3, 0.4) is 0 Å². The highest BCUT2D eigenvalue weighted by molar-refractivity contribution is 5.30. The topological polar surface area (TPSA) is 38.2 Å². The summed E-state index contributed by atoms with van der Waals surface area (Å²) in [4.78, 5) is 11.0. The van der Waals surface area contributed by atoms with Crippen molar-refractivity contribution in [2.75, 3.05) is 19.6 Å². The van der Waals surface area contributed by atoms with Crippen LogP contribution in [0.15, 0.2) is 79.3 Å². The van der Waals surface area contributed by atoms with Crippen molar-refractivity contribution in [3.8, 4) is 0 Å². The number of ether oxygens (including phenoxy) is 1. The number of aromatic nitrogens is 2. The molecule has 28 heavy (non-hydrogen) atoms. The minimum absolute atomic E-state index is 0.0210. The summed E-state index contributed by atoms with van der Waals surface area (Å²) in [5.41, 5.74) is 3.48. The molecule has 0 aliphatic carbocycles. The van der Waals surface area contributed by atoms with E-state index < -0.39 is 0 Å². The number of piperidine rings is 1. The third-order valence-corrected chi connectivity index (χ3v) is 5.30. The zero-order valence-corrected chi connectivity index (χ0v) is 16.2. The summed E-state index contributed by atoms with van der Waals surface area (Å²) in [6, 6.07) is 21.1. The summed E-state index contributed by atoms with van der Waals surface area (Å²) in [5, 5.41) is 0. The van der Waals surface area contributed by atoms with Gasteiger partial charge in [-0.1, -0.05) is 60.7 Å². The monoisotopic (exact) mass is 373 g/mol. The van der Waals surface area contributed by atoms with Gasteiger partial charge in [0.25, 0.3) is 0 Å². The normalized spacial score (nSPS) is 17.7. The number of rotatable bonds is 7. The molecule has 1 aliphatic rings. The lowest BCUT2D eigenvalue weighted by atomic mass is 10.00. The molecule has 1 atom stereocenters. The Morgan fingerprint density at radius 2 is 1.68 bits per heavy atom. The Morgan fingerprint density at radius 3 is 2.32 bits per heavy atom. The maximum absolute atomic E-state index is 6.68. The van der Waals surface area contributed by atoms with Gasteiger partial charge in [0.1, 0.15) is 6.10 Å². The van der Waals surface area contributed by atoms with Crippen LogP contribution < -0.4 is 0 Å². The summed E-state index contributed by atoms with van der Waals surface area (Å²) in [7, 11) is 0. The quantitative estimate of drug-likeness (QED) is 0.619. The Kier molecular flexibility index (Phi) is 6.43. The van der Waals surface area contributed by atoms with Gasteiger partial charge in [-0.05, 0) is 30.5 Å². The summed E-state index contributed by atoms with van der Waals surface area (Å²) in [5.74, 6) is 0.